The number of ether oxygens (including phenoxy) is 1. The Morgan fingerprint density at radius 2 is 2.16 bits per heavy atom. The van der Waals surface area contributed by atoms with Gasteiger partial charge >= 0.3 is 0 Å². The second-order valence-electron chi connectivity index (χ2n) is 6.42. The van der Waals surface area contributed by atoms with Crippen molar-refractivity contribution in [1.29, 1.82) is 0 Å². The number of hydrogen-bond donors (Lipinski definition) is 0. The summed E-state index contributed by atoms with van der Waals surface area (Å²) in [5.41, 5.74) is 0.932. The third-order valence-corrected chi connectivity index (χ3v) is 4.30. The van der Waals surface area contributed by atoms with E-state index in [1.165, 1.54) is 6.33 Å². The van der Waals surface area contributed by atoms with Crippen LogP contribution < -0.4 is 14.5 Å². The lowest BCUT2D eigenvalue weighted by Crippen LogP contribution is -2.27. The van der Waals surface area contributed by atoms with Gasteiger partial charge in [0.15, 0.2) is 11.6 Å². The lowest BCUT2D eigenvalue weighted by molar-refractivity contribution is 0.225. The molecule has 4 heterocycles. The van der Waals surface area contributed by atoms with Crippen molar-refractivity contribution in [1.82, 2.24) is 24.6 Å². The third kappa shape index (κ3) is 2.95. The van der Waals surface area contributed by atoms with Crippen molar-refractivity contribution in [2.45, 2.75) is 19.4 Å². The molecule has 0 saturated carbocycles. The van der Waals surface area contributed by atoms with E-state index in [0.29, 0.717) is 5.78 Å². The molecule has 0 spiro atoms. The molecule has 0 aromatic carbocycles. The fourth-order valence-electron chi connectivity index (χ4n) is 3.16. The summed E-state index contributed by atoms with van der Waals surface area (Å²) in [4.78, 5) is 17.2. The van der Waals surface area contributed by atoms with Crippen molar-refractivity contribution >= 4 is 17.4 Å². The fraction of sp³-hybridized carbons (Fsp3) is 0.412. The Hall–Kier alpha value is -2.90. The van der Waals surface area contributed by atoms with Gasteiger partial charge in [0.1, 0.15) is 18.2 Å². The van der Waals surface area contributed by atoms with Crippen LogP contribution in [0.25, 0.3) is 5.78 Å². The minimum absolute atomic E-state index is 0.106. The Labute approximate surface area is 146 Å². The first-order valence-corrected chi connectivity index (χ1v) is 8.33. The van der Waals surface area contributed by atoms with Gasteiger partial charge in [-0.1, -0.05) is 0 Å². The first kappa shape index (κ1) is 15.6. The zero-order valence-corrected chi connectivity index (χ0v) is 14.6. The van der Waals surface area contributed by atoms with Crippen LogP contribution in [-0.2, 0) is 0 Å². The number of nitrogens with zero attached hydrogens (tertiary/aromatic N) is 7. The van der Waals surface area contributed by atoms with Crippen LogP contribution in [-0.4, -0.2) is 57.9 Å². The average molecular weight is 339 g/mol. The van der Waals surface area contributed by atoms with Crippen molar-refractivity contribution in [2.24, 2.45) is 0 Å². The highest BCUT2D eigenvalue weighted by Gasteiger charge is 2.27. The summed E-state index contributed by atoms with van der Waals surface area (Å²) in [6.07, 6.45) is 4.37. The molecule has 0 amide bonds. The van der Waals surface area contributed by atoms with Crippen LogP contribution in [0.5, 0.6) is 5.75 Å². The first-order valence-electron chi connectivity index (χ1n) is 8.33. The number of hydrogen-bond acceptors (Lipinski definition) is 7. The maximum atomic E-state index is 6.24. The molecule has 0 N–H and O–H groups in total. The molecule has 0 radical (unpaired) electrons. The molecule has 0 aliphatic carbocycles. The molecule has 0 unspecified atom stereocenters. The second-order valence-corrected chi connectivity index (χ2v) is 6.42. The van der Waals surface area contributed by atoms with Crippen molar-refractivity contribution in [2.75, 3.05) is 37.0 Å². The maximum absolute atomic E-state index is 6.24. The van der Waals surface area contributed by atoms with E-state index in [1.807, 2.05) is 44.1 Å². The Morgan fingerprint density at radius 1 is 1.28 bits per heavy atom. The molecule has 1 fully saturated rings. The Bertz CT molecular complexity index is 892. The first-order chi connectivity index (χ1) is 12.1. The molecule has 1 aliphatic heterocycles. The number of pyridine rings is 1. The van der Waals surface area contributed by atoms with Gasteiger partial charge in [-0.3, -0.25) is 0 Å². The molecule has 4 rings (SSSR count). The number of fused-ring (bicyclic) bond motifs is 1. The van der Waals surface area contributed by atoms with E-state index in [9.17, 15) is 0 Å². The van der Waals surface area contributed by atoms with E-state index in [0.717, 1.165) is 42.6 Å². The summed E-state index contributed by atoms with van der Waals surface area (Å²) in [6, 6.07) is 5.91. The van der Waals surface area contributed by atoms with Gasteiger partial charge in [-0.05, 0) is 19.1 Å². The van der Waals surface area contributed by atoms with Crippen LogP contribution in [0.1, 0.15) is 12.1 Å². The van der Waals surface area contributed by atoms with E-state index < -0.39 is 0 Å². The molecular weight excluding hydrogens is 318 g/mol. The second kappa shape index (κ2) is 6.19. The molecule has 8 nitrogen and oxygen atoms in total. The molecule has 3 aromatic rings. The van der Waals surface area contributed by atoms with Crippen molar-refractivity contribution < 1.29 is 4.74 Å². The number of anilines is 2. The molecule has 1 aliphatic rings. The van der Waals surface area contributed by atoms with E-state index in [-0.39, 0.29) is 6.10 Å². The van der Waals surface area contributed by atoms with Gasteiger partial charge in [-0.2, -0.15) is 14.6 Å². The SMILES string of the molecule is Cc1cc(N2CC[C@H](Oc3cccnc3N(C)C)C2)n2ncnc2n1. The topological polar surface area (TPSA) is 71.7 Å². The quantitative estimate of drug-likeness (QED) is 0.714. The van der Waals surface area contributed by atoms with Gasteiger partial charge in [-0.25, -0.2) is 9.97 Å². The van der Waals surface area contributed by atoms with Gasteiger partial charge in [0, 0.05) is 45.0 Å². The third-order valence-electron chi connectivity index (χ3n) is 4.30. The molecule has 0 bridgehead atoms. The number of aromatic nitrogens is 5. The number of aryl methyl sites for hydroxylation is 1. The van der Waals surface area contributed by atoms with Crippen LogP contribution in [0.2, 0.25) is 0 Å². The minimum atomic E-state index is 0.106. The molecule has 1 saturated heterocycles. The largest absolute Gasteiger partial charge is 0.485 e. The highest BCUT2D eigenvalue weighted by atomic mass is 16.5. The summed E-state index contributed by atoms with van der Waals surface area (Å²) in [6.45, 7) is 3.67. The highest BCUT2D eigenvalue weighted by molar-refractivity contribution is 5.51. The summed E-state index contributed by atoms with van der Waals surface area (Å²) in [5.74, 6) is 3.29. The van der Waals surface area contributed by atoms with Crippen LogP contribution >= 0.6 is 0 Å². The van der Waals surface area contributed by atoms with Crippen molar-refractivity contribution in [3.8, 4) is 5.75 Å². The lowest BCUT2D eigenvalue weighted by atomic mass is 10.3. The lowest BCUT2D eigenvalue weighted by Gasteiger charge is -2.21. The van der Waals surface area contributed by atoms with E-state index in [1.54, 1.807) is 10.7 Å². The van der Waals surface area contributed by atoms with Gasteiger partial charge in [0.2, 0.25) is 0 Å². The van der Waals surface area contributed by atoms with Crippen molar-refractivity contribution in [3.05, 3.63) is 36.4 Å². The Morgan fingerprint density at radius 3 is 3.00 bits per heavy atom. The summed E-state index contributed by atoms with van der Waals surface area (Å²) in [5, 5.41) is 4.29. The van der Waals surface area contributed by atoms with Crippen LogP contribution in [0, 0.1) is 6.92 Å². The molecular formula is C17H21N7O. The Kier molecular flexibility index (Phi) is 3.87. The van der Waals surface area contributed by atoms with E-state index >= 15 is 0 Å². The predicted octanol–water partition coefficient (Wildman–Crippen LogP) is 1.55. The zero-order chi connectivity index (χ0) is 17.4. The van der Waals surface area contributed by atoms with E-state index in [4.69, 9.17) is 4.74 Å². The number of rotatable bonds is 4. The molecule has 1 atom stereocenters. The van der Waals surface area contributed by atoms with Crippen LogP contribution in [0.3, 0.4) is 0 Å². The van der Waals surface area contributed by atoms with Crippen LogP contribution in [0.15, 0.2) is 30.7 Å². The van der Waals surface area contributed by atoms with Crippen LogP contribution in [0.4, 0.5) is 11.6 Å². The summed E-state index contributed by atoms with van der Waals surface area (Å²) in [7, 11) is 3.94. The van der Waals surface area contributed by atoms with Crippen molar-refractivity contribution in [3.63, 3.8) is 0 Å². The molecule has 3 aromatic heterocycles. The normalized spacial score (nSPS) is 17.2. The predicted molar refractivity (Wildman–Crippen MR) is 95.3 cm³/mol. The summed E-state index contributed by atoms with van der Waals surface area (Å²) < 4.78 is 8.02. The van der Waals surface area contributed by atoms with Gasteiger partial charge in [0.25, 0.3) is 5.78 Å². The molecule has 130 valence electrons. The fourth-order valence-corrected chi connectivity index (χ4v) is 3.16. The Balaban J connectivity index is 1.55. The smallest absolute Gasteiger partial charge is 0.254 e. The average Bonchev–Trinajstić information content (AvgIpc) is 3.23. The minimum Gasteiger partial charge on any atom is -0.485 e. The maximum Gasteiger partial charge on any atom is 0.254 e. The van der Waals surface area contributed by atoms with E-state index in [2.05, 4.69) is 25.0 Å². The molecule has 25 heavy (non-hydrogen) atoms. The zero-order valence-electron chi connectivity index (χ0n) is 14.6. The molecule has 8 heteroatoms. The summed E-state index contributed by atoms with van der Waals surface area (Å²) >= 11 is 0. The van der Waals surface area contributed by atoms with Gasteiger partial charge < -0.3 is 14.5 Å². The highest BCUT2D eigenvalue weighted by Crippen LogP contribution is 2.28. The standard InChI is InChI=1S/C17H21N7O/c1-12-9-15(24-17(21-12)19-11-20-24)23-8-6-13(10-23)25-14-5-4-7-18-16(14)22(2)3/h4-5,7,9,11,13H,6,8,10H2,1-3H3/t13-/m0/s1. The monoisotopic (exact) mass is 339 g/mol. The van der Waals surface area contributed by atoms with Gasteiger partial charge in [-0.15, -0.1) is 0 Å². The van der Waals surface area contributed by atoms with Gasteiger partial charge in [0.05, 0.1) is 6.54 Å².